The Morgan fingerprint density at radius 2 is 2.22 bits per heavy atom. The lowest BCUT2D eigenvalue weighted by Crippen LogP contribution is -2.30. The topological polar surface area (TPSA) is 59.3 Å². The number of methoxy groups -OCH3 is 1. The Balaban J connectivity index is 2.91. The first-order valence-corrected chi connectivity index (χ1v) is 5.77. The van der Waals surface area contributed by atoms with Crippen LogP contribution in [-0.2, 0) is 16.0 Å². The van der Waals surface area contributed by atoms with Gasteiger partial charge in [0.1, 0.15) is 5.75 Å². The molecule has 1 aromatic rings. The largest absolute Gasteiger partial charge is 0.497 e. The van der Waals surface area contributed by atoms with Crippen molar-refractivity contribution < 1.29 is 14.3 Å². The van der Waals surface area contributed by atoms with Crippen molar-refractivity contribution in [3.8, 4) is 11.8 Å². The molecule has 0 aliphatic rings. The molecule has 1 unspecified atom stereocenters. The summed E-state index contributed by atoms with van der Waals surface area (Å²) >= 11 is 0. The van der Waals surface area contributed by atoms with Crippen LogP contribution in [0, 0.1) is 16.7 Å². The maximum atomic E-state index is 11.8. The smallest absolute Gasteiger partial charge is 0.326 e. The molecule has 0 saturated carbocycles. The molecule has 18 heavy (non-hydrogen) atoms. The highest BCUT2D eigenvalue weighted by Crippen LogP contribution is 2.25. The Labute approximate surface area is 107 Å². The van der Waals surface area contributed by atoms with Crippen molar-refractivity contribution in [1.82, 2.24) is 0 Å². The van der Waals surface area contributed by atoms with E-state index in [0.29, 0.717) is 12.2 Å². The zero-order chi connectivity index (χ0) is 13.6. The lowest BCUT2D eigenvalue weighted by Gasteiger charge is -2.19. The minimum absolute atomic E-state index is 0.272. The summed E-state index contributed by atoms with van der Waals surface area (Å²) in [5, 5.41) is 9.19. The second-order valence-electron chi connectivity index (χ2n) is 4.19. The molecule has 0 radical (unpaired) electrons. The Kier molecular flexibility index (Phi) is 4.73. The number of ether oxygens (including phenoxy) is 2. The van der Waals surface area contributed by atoms with Crippen molar-refractivity contribution in [2.45, 2.75) is 20.3 Å². The molecule has 4 nitrogen and oxygen atoms in total. The standard InChI is InChI=1S/C14H17NO3/c1-4-18-13(16)14(2,10-15)9-11-6-5-7-12(8-11)17-3/h5-8H,4,9H2,1-3H3. The minimum atomic E-state index is -1.16. The van der Waals surface area contributed by atoms with Gasteiger partial charge in [-0.15, -0.1) is 0 Å². The Morgan fingerprint density at radius 3 is 2.78 bits per heavy atom. The number of carbonyl (C=O) groups excluding carboxylic acids is 1. The Hall–Kier alpha value is -2.02. The first-order chi connectivity index (χ1) is 8.55. The van der Waals surface area contributed by atoms with E-state index in [1.54, 1.807) is 21.0 Å². The predicted octanol–water partition coefficient (Wildman–Crippen LogP) is 2.33. The number of hydrogen-bond acceptors (Lipinski definition) is 4. The molecule has 0 saturated heterocycles. The molecule has 1 aromatic carbocycles. The molecule has 0 spiro atoms. The number of nitrogens with zero attached hydrogens (tertiary/aromatic N) is 1. The van der Waals surface area contributed by atoms with Gasteiger partial charge in [-0.25, -0.2) is 0 Å². The second-order valence-corrected chi connectivity index (χ2v) is 4.19. The number of nitriles is 1. The maximum absolute atomic E-state index is 11.8. The number of benzene rings is 1. The van der Waals surface area contributed by atoms with Crippen LogP contribution in [0.2, 0.25) is 0 Å². The first-order valence-electron chi connectivity index (χ1n) is 5.77. The van der Waals surface area contributed by atoms with Crippen molar-refractivity contribution in [3.05, 3.63) is 29.8 Å². The van der Waals surface area contributed by atoms with E-state index in [1.807, 2.05) is 30.3 Å². The fourth-order valence-electron chi connectivity index (χ4n) is 1.64. The van der Waals surface area contributed by atoms with E-state index in [1.165, 1.54) is 0 Å². The molecule has 0 amide bonds. The quantitative estimate of drug-likeness (QED) is 0.749. The van der Waals surface area contributed by atoms with E-state index in [4.69, 9.17) is 9.47 Å². The van der Waals surface area contributed by atoms with Gasteiger partial charge in [0.15, 0.2) is 5.41 Å². The molecule has 1 atom stereocenters. The molecule has 96 valence electrons. The third-order valence-electron chi connectivity index (χ3n) is 2.66. The van der Waals surface area contributed by atoms with E-state index < -0.39 is 11.4 Å². The summed E-state index contributed by atoms with van der Waals surface area (Å²) in [6.45, 7) is 3.58. The zero-order valence-electron chi connectivity index (χ0n) is 10.9. The van der Waals surface area contributed by atoms with Crippen molar-refractivity contribution >= 4 is 5.97 Å². The van der Waals surface area contributed by atoms with Gasteiger partial charge in [0.05, 0.1) is 19.8 Å². The third-order valence-corrected chi connectivity index (χ3v) is 2.66. The molecule has 0 bridgehead atoms. The van der Waals surface area contributed by atoms with Gasteiger partial charge in [-0.2, -0.15) is 5.26 Å². The first kappa shape index (κ1) is 14.0. The molecule has 0 heterocycles. The van der Waals surface area contributed by atoms with Crippen LogP contribution in [-0.4, -0.2) is 19.7 Å². The summed E-state index contributed by atoms with van der Waals surface area (Å²) in [6.07, 6.45) is 0.305. The SMILES string of the molecule is CCOC(=O)C(C)(C#N)Cc1cccc(OC)c1. The van der Waals surface area contributed by atoms with Gasteiger partial charge in [0, 0.05) is 6.42 Å². The van der Waals surface area contributed by atoms with Gasteiger partial charge < -0.3 is 9.47 Å². The van der Waals surface area contributed by atoms with E-state index in [2.05, 4.69) is 0 Å². The average Bonchev–Trinajstić information content (AvgIpc) is 2.39. The molecule has 1 rings (SSSR count). The summed E-state index contributed by atoms with van der Waals surface area (Å²) in [6, 6.07) is 9.35. The van der Waals surface area contributed by atoms with Crippen LogP contribution in [0.15, 0.2) is 24.3 Å². The monoisotopic (exact) mass is 247 g/mol. The van der Waals surface area contributed by atoms with Gasteiger partial charge in [-0.1, -0.05) is 12.1 Å². The highest BCUT2D eigenvalue weighted by atomic mass is 16.5. The lowest BCUT2D eigenvalue weighted by atomic mass is 9.85. The van der Waals surface area contributed by atoms with Gasteiger partial charge >= 0.3 is 5.97 Å². The fourth-order valence-corrected chi connectivity index (χ4v) is 1.64. The Morgan fingerprint density at radius 1 is 1.50 bits per heavy atom. The highest BCUT2D eigenvalue weighted by molar-refractivity contribution is 5.80. The van der Waals surface area contributed by atoms with Crippen molar-refractivity contribution in [3.63, 3.8) is 0 Å². The summed E-state index contributed by atoms with van der Waals surface area (Å²) in [5.41, 5.74) is -0.297. The van der Waals surface area contributed by atoms with Crippen LogP contribution in [0.4, 0.5) is 0 Å². The van der Waals surface area contributed by atoms with Gasteiger partial charge in [-0.05, 0) is 31.5 Å². The summed E-state index contributed by atoms with van der Waals surface area (Å²) < 4.78 is 10.0. The number of esters is 1. The fraction of sp³-hybridized carbons (Fsp3) is 0.429. The van der Waals surface area contributed by atoms with Crippen molar-refractivity contribution in [2.24, 2.45) is 5.41 Å². The molecule has 0 fully saturated rings. The van der Waals surface area contributed by atoms with Crippen LogP contribution < -0.4 is 4.74 Å². The van der Waals surface area contributed by atoms with Crippen LogP contribution in [0.3, 0.4) is 0 Å². The van der Waals surface area contributed by atoms with Crippen LogP contribution in [0.5, 0.6) is 5.75 Å². The zero-order valence-corrected chi connectivity index (χ0v) is 10.9. The van der Waals surface area contributed by atoms with Gasteiger partial charge in [0.25, 0.3) is 0 Å². The molecule has 0 aromatic heterocycles. The number of carbonyl (C=O) groups is 1. The minimum Gasteiger partial charge on any atom is -0.497 e. The molecule has 0 aliphatic carbocycles. The van der Waals surface area contributed by atoms with E-state index in [0.717, 1.165) is 5.56 Å². The van der Waals surface area contributed by atoms with Gasteiger partial charge in [-0.3, -0.25) is 4.79 Å². The summed E-state index contributed by atoms with van der Waals surface area (Å²) in [4.78, 5) is 11.8. The molecule has 0 aliphatic heterocycles. The molecule has 0 N–H and O–H groups in total. The highest BCUT2D eigenvalue weighted by Gasteiger charge is 2.35. The third kappa shape index (κ3) is 3.24. The van der Waals surface area contributed by atoms with E-state index >= 15 is 0 Å². The van der Waals surface area contributed by atoms with Gasteiger partial charge in [0.2, 0.25) is 0 Å². The van der Waals surface area contributed by atoms with Crippen LogP contribution in [0.25, 0.3) is 0 Å². The Bertz CT molecular complexity index is 464. The number of rotatable bonds is 5. The summed E-state index contributed by atoms with van der Waals surface area (Å²) in [5.74, 6) is 0.215. The summed E-state index contributed by atoms with van der Waals surface area (Å²) in [7, 11) is 1.58. The lowest BCUT2D eigenvalue weighted by molar-refractivity contribution is -0.151. The van der Waals surface area contributed by atoms with Crippen molar-refractivity contribution in [1.29, 1.82) is 5.26 Å². The second kappa shape index (κ2) is 6.06. The van der Waals surface area contributed by atoms with Crippen LogP contribution >= 0.6 is 0 Å². The molecular formula is C14H17NO3. The van der Waals surface area contributed by atoms with E-state index in [9.17, 15) is 10.1 Å². The number of hydrogen-bond donors (Lipinski definition) is 0. The van der Waals surface area contributed by atoms with Crippen molar-refractivity contribution in [2.75, 3.05) is 13.7 Å². The predicted molar refractivity (Wildman–Crippen MR) is 67.1 cm³/mol. The maximum Gasteiger partial charge on any atom is 0.326 e. The average molecular weight is 247 g/mol. The molecular weight excluding hydrogens is 230 g/mol. The normalized spacial score (nSPS) is 13.2. The van der Waals surface area contributed by atoms with Crippen LogP contribution in [0.1, 0.15) is 19.4 Å². The molecule has 4 heteroatoms. The van der Waals surface area contributed by atoms with E-state index in [-0.39, 0.29) is 6.61 Å².